The Morgan fingerprint density at radius 1 is 1.00 bits per heavy atom. The molecule has 9 heteroatoms. The Hall–Kier alpha value is -1.80. The number of piperidine rings is 1. The second-order valence-corrected chi connectivity index (χ2v) is 10.2. The van der Waals surface area contributed by atoms with Crippen LogP contribution in [0.25, 0.3) is 0 Å². The highest BCUT2D eigenvalue weighted by Crippen LogP contribution is 2.32. The summed E-state index contributed by atoms with van der Waals surface area (Å²) in [6.07, 6.45) is 3.46. The van der Waals surface area contributed by atoms with Gasteiger partial charge >= 0.3 is 0 Å². The number of nitrogens with zero attached hydrogens (tertiary/aromatic N) is 2. The van der Waals surface area contributed by atoms with Gasteiger partial charge in [-0.1, -0.05) is 29.6 Å². The van der Waals surface area contributed by atoms with Crippen LogP contribution in [-0.4, -0.2) is 44.9 Å². The molecule has 4 rings (SSSR count). The van der Waals surface area contributed by atoms with Crippen LogP contribution in [0, 0.1) is 0 Å². The highest BCUT2D eigenvalue weighted by Gasteiger charge is 2.30. The van der Waals surface area contributed by atoms with E-state index in [0.29, 0.717) is 46.7 Å². The summed E-state index contributed by atoms with van der Waals surface area (Å²) >= 11 is 12.0. The largest absolute Gasteiger partial charge is 0.482 e. The number of hydrogen-bond donors (Lipinski definition) is 0. The molecule has 0 bridgehead atoms. The van der Waals surface area contributed by atoms with E-state index < -0.39 is 10.0 Å². The lowest BCUT2D eigenvalue weighted by atomic mass is 10.2. The number of hydrogen-bond acceptors (Lipinski definition) is 4. The molecule has 2 aromatic rings. The van der Waals surface area contributed by atoms with Gasteiger partial charge in [0.1, 0.15) is 5.75 Å². The molecule has 0 aliphatic carbocycles. The molecule has 2 aliphatic heterocycles. The van der Waals surface area contributed by atoms with E-state index in [1.165, 1.54) is 0 Å². The van der Waals surface area contributed by atoms with Gasteiger partial charge in [0.05, 0.1) is 9.92 Å². The van der Waals surface area contributed by atoms with Gasteiger partial charge in [-0.3, -0.25) is 4.79 Å². The van der Waals surface area contributed by atoms with Crippen molar-refractivity contribution in [1.29, 1.82) is 0 Å². The van der Waals surface area contributed by atoms with Crippen LogP contribution < -0.4 is 9.64 Å². The standard InChI is InChI=1S/C21H22Cl2N2O4S/c22-16-4-7-20(18(23)13-16)29-14-21(26)25-11-8-15-12-17(5-6-19(15)25)30(27,28)24-9-2-1-3-10-24/h4-7,12-13H,1-3,8-11,14H2. The van der Waals surface area contributed by atoms with E-state index in [1.807, 2.05) is 0 Å². The SMILES string of the molecule is O=C(COc1ccc(Cl)cc1Cl)N1CCc2cc(S(=O)(=O)N3CCCCC3)ccc21. The lowest BCUT2D eigenvalue weighted by molar-refractivity contribution is -0.120. The van der Waals surface area contributed by atoms with Crippen LogP contribution in [-0.2, 0) is 21.2 Å². The lowest BCUT2D eigenvalue weighted by Gasteiger charge is -2.26. The van der Waals surface area contributed by atoms with E-state index in [1.54, 1.807) is 45.6 Å². The van der Waals surface area contributed by atoms with Crippen LogP contribution in [0.3, 0.4) is 0 Å². The summed E-state index contributed by atoms with van der Waals surface area (Å²) in [6, 6.07) is 9.82. The van der Waals surface area contributed by atoms with Crippen molar-refractivity contribution in [2.75, 3.05) is 31.1 Å². The normalized spacial score (nSPS) is 17.1. The molecule has 0 spiro atoms. The molecule has 30 heavy (non-hydrogen) atoms. The number of halogens is 2. The molecule has 2 heterocycles. The van der Waals surface area contributed by atoms with Crippen LogP contribution >= 0.6 is 23.2 Å². The van der Waals surface area contributed by atoms with Crippen molar-refractivity contribution in [3.05, 3.63) is 52.0 Å². The van der Waals surface area contributed by atoms with E-state index in [9.17, 15) is 13.2 Å². The minimum absolute atomic E-state index is 0.172. The molecule has 0 atom stereocenters. The van der Waals surface area contributed by atoms with Gasteiger partial charge in [-0.05, 0) is 61.2 Å². The fourth-order valence-electron chi connectivity index (χ4n) is 3.86. The van der Waals surface area contributed by atoms with Crippen LogP contribution in [0.1, 0.15) is 24.8 Å². The Morgan fingerprint density at radius 3 is 2.50 bits per heavy atom. The van der Waals surface area contributed by atoms with Crippen molar-refractivity contribution >= 4 is 44.8 Å². The second kappa shape index (κ2) is 8.75. The average molecular weight is 469 g/mol. The molecule has 0 radical (unpaired) electrons. The zero-order valence-corrected chi connectivity index (χ0v) is 18.6. The van der Waals surface area contributed by atoms with Crippen molar-refractivity contribution in [3.63, 3.8) is 0 Å². The predicted molar refractivity (Wildman–Crippen MR) is 117 cm³/mol. The Bertz CT molecular complexity index is 1070. The minimum Gasteiger partial charge on any atom is -0.482 e. The van der Waals surface area contributed by atoms with Crippen LogP contribution in [0.5, 0.6) is 5.75 Å². The van der Waals surface area contributed by atoms with E-state index in [0.717, 1.165) is 30.5 Å². The zero-order chi connectivity index (χ0) is 21.3. The van der Waals surface area contributed by atoms with E-state index in [2.05, 4.69) is 0 Å². The Labute approximate surface area is 186 Å². The maximum absolute atomic E-state index is 12.9. The first kappa shape index (κ1) is 21.4. The third-order valence-electron chi connectivity index (χ3n) is 5.45. The molecular formula is C21H22Cl2N2O4S. The number of fused-ring (bicyclic) bond motifs is 1. The van der Waals surface area contributed by atoms with Crippen LogP contribution in [0.2, 0.25) is 10.0 Å². The maximum Gasteiger partial charge on any atom is 0.264 e. The first-order valence-corrected chi connectivity index (χ1v) is 12.1. The van der Waals surface area contributed by atoms with Gasteiger partial charge in [-0.25, -0.2) is 8.42 Å². The zero-order valence-electron chi connectivity index (χ0n) is 16.3. The third-order valence-corrected chi connectivity index (χ3v) is 7.87. The van der Waals surface area contributed by atoms with Crippen molar-refractivity contribution < 1.29 is 17.9 Å². The topological polar surface area (TPSA) is 66.9 Å². The van der Waals surface area contributed by atoms with Crippen LogP contribution in [0.15, 0.2) is 41.3 Å². The molecule has 0 N–H and O–H groups in total. The Balaban J connectivity index is 1.47. The molecule has 0 unspecified atom stereocenters. The third kappa shape index (κ3) is 4.30. The molecule has 1 fully saturated rings. The smallest absolute Gasteiger partial charge is 0.264 e. The number of rotatable bonds is 5. The molecule has 2 aromatic carbocycles. The molecular weight excluding hydrogens is 447 g/mol. The van der Waals surface area contributed by atoms with Gasteiger partial charge in [0.15, 0.2) is 6.61 Å². The van der Waals surface area contributed by atoms with Gasteiger partial charge < -0.3 is 9.64 Å². The molecule has 160 valence electrons. The number of carbonyl (C=O) groups is 1. The fraction of sp³-hybridized carbons (Fsp3) is 0.381. The number of ether oxygens (including phenoxy) is 1. The summed E-state index contributed by atoms with van der Waals surface area (Å²) in [6.45, 7) is 1.44. The summed E-state index contributed by atoms with van der Waals surface area (Å²) in [5.41, 5.74) is 1.58. The lowest BCUT2D eigenvalue weighted by Crippen LogP contribution is -2.35. The fourth-order valence-corrected chi connectivity index (χ4v) is 5.89. The van der Waals surface area contributed by atoms with E-state index >= 15 is 0 Å². The predicted octanol–water partition coefficient (Wildman–Crippen LogP) is 4.14. The molecule has 0 aromatic heterocycles. The van der Waals surface area contributed by atoms with E-state index in [-0.39, 0.29) is 12.5 Å². The molecule has 2 aliphatic rings. The molecule has 0 saturated carbocycles. The second-order valence-electron chi connectivity index (χ2n) is 7.41. The van der Waals surface area contributed by atoms with Crippen molar-refractivity contribution in [2.24, 2.45) is 0 Å². The Morgan fingerprint density at radius 2 is 1.77 bits per heavy atom. The molecule has 1 amide bonds. The number of carbonyl (C=O) groups excluding carboxylic acids is 1. The summed E-state index contributed by atoms with van der Waals surface area (Å²) < 4.78 is 33.0. The number of anilines is 1. The monoisotopic (exact) mass is 468 g/mol. The average Bonchev–Trinajstić information content (AvgIpc) is 3.17. The number of amides is 1. The van der Waals surface area contributed by atoms with Crippen LogP contribution in [0.4, 0.5) is 5.69 Å². The summed E-state index contributed by atoms with van der Waals surface area (Å²) in [7, 11) is -3.50. The number of benzene rings is 2. The maximum atomic E-state index is 12.9. The van der Waals surface area contributed by atoms with Gasteiger partial charge in [0.2, 0.25) is 10.0 Å². The van der Waals surface area contributed by atoms with Gasteiger partial charge in [0.25, 0.3) is 5.91 Å². The summed E-state index contributed by atoms with van der Waals surface area (Å²) in [5, 5.41) is 0.826. The van der Waals surface area contributed by atoms with Gasteiger partial charge in [0, 0.05) is 30.3 Å². The molecule has 1 saturated heterocycles. The Kier molecular flexibility index (Phi) is 6.25. The molecule has 6 nitrogen and oxygen atoms in total. The first-order valence-electron chi connectivity index (χ1n) is 9.87. The highest BCUT2D eigenvalue weighted by molar-refractivity contribution is 7.89. The van der Waals surface area contributed by atoms with Gasteiger partial charge in [-0.15, -0.1) is 0 Å². The van der Waals surface area contributed by atoms with Crippen molar-refractivity contribution in [1.82, 2.24) is 4.31 Å². The first-order chi connectivity index (χ1) is 14.4. The quantitative estimate of drug-likeness (QED) is 0.661. The number of sulfonamides is 1. The minimum atomic E-state index is -3.50. The summed E-state index contributed by atoms with van der Waals surface area (Å²) in [5.74, 6) is 0.170. The highest BCUT2D eigenvalue weighted by atomic mass is 35.5. The summed E-state index contributed by atoms with van der Waals surface area (Å²) in [4.78, 5) is 14.6. The van der Waals surface area contributed by atoms with E-state index in [4.69, 9.17) is 27.9 Å². The van der Waals surface area contributed by atoms with Crippen molar-refractivity contribution in [3.8, 4) is 5.75 Å². The van der Waals surface area contributed by atoms with Crippen molar-refractivity contribution in [2.45, 2.75) is 30.6 Å². The van der Waals surface area contributed by atoms with Gasteiger partial charge in [-0.2, -0.15) is 4.31 Å².